The second kappa shape index (κ2) is 3.23. The molecule has 2 aromatic rings. The smallest absolute Gasteiger partial charge is 0.227 e. The zero-order valence-corrected chi connectivity index (χ0v) is 8.74. The van der Waals surface area contributed by atoms with Gasteiger partial charge in [-0.1, -0.05) is 36.4 Å². The van der Waals surface area contributed by atoms with Crippen LogP contribution in [0, 0.1) is 0 Å². The number of benzene rings is 2. The molecule has 72 valence electrons. The number of fused-ring (bicyclic) bond motifs is 1. The van der Waals surface area contributed by atoms with Gasteiger partial charge in [-0.05, 0) is 16.8 Å². The predicted molar refractivity (Wildman–Crippen MR) is 59.3 cm³/mol. The van der Waals surface area contributed by atoms with Crippen LogP contribution in [-0.2, 0) is 4.57 Å². The SMILES string of the molecule is CP(=O)(O)c1cccc2ccccc12. The molecule has 0 aliphatic rings. The van der Waals surface area contributed by atoms with E-state index in [1.807, 2.05) is 36.4 Å². The fourth-order valence-corrected chi connectivity index (χ4v) is 2.58. The summed E-state index contributed by atoms with van der Waals surface area (Å²) in [7, 11) is -3.16. The molecule has 0 heterocycles. The van der Waals surface area contributed by atoms with Crippen molar-refractivity contribution in [2.24, 2.45) is 0 Å². The summed E-state index contributed by atoms with van der Waals surface area (Å²) >= 11 is 0. The van der Waals surface area contributed by atoms with E-state index in [0.717, 1.165) is 10.8 Å². The lowest BCUT2D eigenvalue weighted by molar-refractivity contribution is 0.497. The van der Waals surface area contributed by atoms with Crippen LogP contribution in [0.3, 0.4) is 0 Å². The van der Waals surface area contributed by atoms with Gasteiger partial charge < -0.3 is 4.89 Å². The third kappa shape index (κ3) is 1.59. The Bertz CT molecular complexity index is 508. The van der Waals surface area contributed by atoms with Crippen molar-refractivity contribution in [1.29, 1.82) is 0 Å². The Morgan fingerprint density at radius 2 is 1.71 bits per heavy atom. The average molecular weight is 206 g/mol. The summed E-state index contributed by atoms with van der Waals surface area (Å²) in [5.74, 6) is 0. The maximum Gasteiger partial charge on any atom is 0.227 e. The second-order valence-electron chi connectivity index (χ2n) is 3.38. The summed E-state index contributed by atoms with van der Waals surface area (Å²) in [5.41, 5.74) is 0. The second-order valence-corrected chi connectivity index (χ2v) is 5.62. The molecule has 0 fully saturated rings. The molecule has 0 aromatic heterocycles. The lowest BCUT2D eigenvalue weighted by atomic mass is 10.1. The van der Waals surface area contributed by atoms with E-state index in [4.69, 9.17) is 0 Å². The van der Waals surface area contributed by atoms with E-state index >= 15 is 0 Å². The normalized spacial score (nSPS) is 15.3. The molecule has 0 aliphatic carbocycles. The fourth-order valence-electron chi connectivity index (χ4n) is 1.57. The first kappa shape index (κ1) is 9.45. The van der Waals surface area contributed by atoms with Gasteiger partial charge in [-0.25, -0.2) is 0 Å². The van der Waals surface area contributed by atoms with E-state index in [1.165, 1.54) is 6.66 Å². The van der Waals surface area contributed by atoms with E-state index in [-0.39, 0.29) is 0 Å². The molecule has 1 unspecified atom stereocenters. The molecule has 0 saturated heterocycles. The number of hydrogen-bond donors (Lipinski definition) is 1. The first-order valence-corrected chi connectivity index (χ1v) is 6.48. The van der Waals surface area contributed by atoms with Crippen LogP contribution in [-0.4, -0.2) is 11.6 Å². The molecule has 14 heavy (non-hydrogen) atoms. The maximum absolute atomic E-state index is 11.6. The van der Waals surface area contributed by atoms with Crippen molar-refractivity contribution in [1.82, 2.24) is 0 Å². The van der Waals surface area contributed by atoms with Gasteiger partial charge in [-0.2, -0.15) is 0 Å². The molecule has 0 radical (unpaired) electrons. The minimum atomic E-state index is -3.16. The highest BCUT2D eigenvalue weighted by molar-refractivity contribution is 7.65. The zero-order chi connectivity index (χ0) is 10.2. The Morgan fingerprint density at radius 1 is 1.07 bits per heavy atom. The first-order valence-electron chi connectivity index (χ1n) is 4.37. The van der Waals surface area contributed by atoms with E-state index in [2.05, 4.69) is 0 Å². The van der Waals surface area contributed by atoms with Crippen LogP contribution in [0.5, 0.6) is 0 Å². The third-order valence-corrected chi connectivity index (χ3v) is 3.50. The molecule has 1 N–H and O–H groups in total. The Kier molecular flexibility index (Phi) is 2.18. The van der Waals surface area contributed by atoms with Gasteiger partial charge in [0, 0.05) is 12.0 Å². The molecule has 0 saturated carbocycles. The van der Waals surface area contributed by atoms with Crippen molar-refractivity contribution in [2.75, 3.05) is 6.66 Å². The van der Waals surface area contributed by atoms with Gasteiger partial charge in [0.2, 0.25) is 7.37 Å². The fraction of sp³-hybridized carbons (Fsp3) is 0.0909. The molecule has 2 aromatic carbocycles. The molecule has 0 aliphatic heterocycles. The molecule has 2 nitrogen and oxygen atoms in total. The lowest BCUT2D eigenvalue weighted by Crippen LogP contribution is -2.04. The summed E-state index contributed by atoms with van der Waals surface area (Å²) in [6.45, 7) is 1.37. The van der Waals surface area contributed by atoms with Crippen LogP contribution >= 0.6 is 7.37 Å². The van der Waals surface area contributed by atoms with E-state index in [9.17, 15) is 9.46 Å². The Labute approximate surface area is 82.6 Å². The van der Waals surface area contributed by atoms with E-state index < -0.39 is 7.37 Å². The van der Waals surface area contributed by atoms with Crippen molar-refractivity contribution in [3.8, 4) is 0 Å². The van der Waals surface area contributed by atoms with E-state index in [1.54, 1.807) is 6.07 Å². The minimum absolute atomic E-state index is 0.538. The summed E-state index contributed by atoms with van der Waals surface area (Å²) in [6.07, 6.45) is 0. The topological polar surface area (TPSA) is 37.3 Å². The van der Waals surface area contributed by atoms with Crippen molar-refractivity contribution >= 4 is 23.4 Å². The maximum atomic E-state index is 11.6. The van der Waals surface area contributed by atoms with Crippen molar-refractivity contribution in [3.63, 3.8) is 0 Å². The Hall–Kier alpha value is -1.11. The molecular formula is C11H11O2P. The summed E-state index contributed by atoms with van der Waals surface area (Å²) in [4.78, 5) is 9.54. The van der Waals surface area contributed by atoms with Gasteiger partial charge in [0.25, 0.3) is 0 Å². The van der Waals surface area contributed by atoms with Crippen LogP contribution in [0.15, 0.2) is 42.5 Å². The zero-order valence-electron chi connectivity index (χ0n) is 7.84. The van der Waals surface area contributed by atoms with Crippen LogP contribution in [0.4, 0.5) is 0 Å². The highest BCUT2D eigenvalue weighted by Crippen LogP contribution is 2.36. The van der Waals surface area contributed by atoms with Gasteiger partial charge in [0.1, 0.15) is 0 Å². The van der Waals surface area contributed by atoms with Crippen LogP contribution < -0.4 is 5.30 Å². The molecule has 1 atom stereocenters. The number of rotatable bonds is 1. The Balaban J connectivity index is 2.85. The monoisotopic (exact) mass is 206 g/mol. The molecule has 0 spiro atoms. The first-order chi connectivity index (χ1) is 6.59. The summed E-state index contributed by atoms with van der Waals surface area (Å²) in [5, 5.41) is 2.40. The van der Waals surface area contributed by atoms with Crippen LogP contribution in [0.1, 0.15) is 0 Å². The molecule has 2 rings (SSSR count). The lowest BCUT2D eigenvalue weighted by Gasteiger charge is -2.08. The number of hydrogen-bond acceptors (Lipinski definition) is 1. The van der Waals surface area contributed by atoms with Gasteiger partial charge >= 0.3 is 0 Å². The standard InChI is InChI=1S/C11H11O2P/c1-14(12,13)11-8-4-6-9-5-2-3-7-10(9)11/h2-8H,1H3,(H,12,13). The largest absolute Gasteiger partial charge is 0.341 e. The van der Waals surface area contributed by atoms with Crippen molar-refractivity contribution in [2.45, 2.75) is 0 Å². The average Bonchev–Trinajstić information content (AvgIpc) is 2.15. The molecular weight excluding hydrogens is 195 g/mol. The Morgan fingerprint density at radius 3 is 2.43 bits per heavy atom. The van der Waals surface area contributed by atoms with Gasteiger partial charge in [-0.3, -0.25) is 4.57 Å². The van der Waals surface area contributed by atoms with Gasteiger partial charge in [-0.15, -0.1) is 0 Å². The highest BCUT2D eigenvalue weighted by atomic mass is 31.2. The highest BCUT2D eigenvalue weighted by Gasteiger charge is 2.15. The quantitative estimate of drug-likeness (QED) is 0.727. The van der Waals surface area contributed by atoms with Gasteiger partial charge in [0.05, 0.1) is 0 Å². The van der Waals surface area contributed by atoms with Crippen molar-refractivity contribution in [3.05, 3.63) is 42.5 Å². The molecule has 0 amide bonds. The summed E-state index contributed by atoms with van der Waals surface area (Å²) < 4.78 is 11.6. The summed E-state index contributed by atoms with van der Waals surface area (Å²) in [6, 6.07) is 13.1. The minimum Gasteiger partial charge on any atom is -0.341 e. The van der Waals surface area contributed by atoms with E-state index in [0.29, 0.717) is 5.30 Å². The predicted octanol–water partition coefficient (Wildman–Crippen LogP) is 2.37. The van der Waals surface area contributed by atoms with Crippen LogP contribution in [0.2, 0.25) is 0 Å². The third-order valence-electron chi connectivity index (χ3n) is 2.21. The molecule has 0 bridgehead atoms. The molecule has 3 heteroatoms. The van der Waals surface area contributed by atoms with Crippen molar-refractivity contribution < 1.29 is 9.46 Å². The van der Waals surface area contributed by atoms with Gasteiger partial charge in [0.15, 0.2) is 0 Å². The van der Waals surface area contributed by atoms with Crippen LogP contribution in [0.25, 0.3) is 10.8 Å².